The van der Waals surface area contributed by atoms with E-state index in [9.17, 15) is 0 Å². The molecule has 1 aromatic carbocycles. The maximum atomic E-state index is 4.51. The number of nitrogens with one attached hydrogen (secondary N) is 1. The first kappa shape index (κ1) is 13.7. The lowest BCUT2D eigenvalue weighted by molar-refractivity contribution is 0.573. The SMILES string of the molecule is CCc1nn(C)cc1CNC1CSCc2ccccc21. The summed E-state index contributed by atoms with van der Waals surface area (Å²) in [6.07, 6.45) is 3.13. The van der Waals surface area contributed by atoms with E-state index in [2.05, 4.69) is 47.8 Å². The van der Waals surface area contributed by atoms with Crippen LogP contribution in [0.2, 0.25) is 0 Å². The highest BCUT2D eigenvalue weighted by Gasteiger charge is 2.20. The van der Waals surface area contributed by atoms with Crippen molar-refractivity contribution in [1.82, 2.24) is 15.1 Å². The molecule has 4 heteroatoms. The van der Waals surface area contributed by atoms with Gasteiger partial charge in [0.25, 0.3) is 0 Å². The third kappa shape index (κ3) is 2.76. The van der Waals surface area contributed by atoms with Gasteiger partial charge in [-0.05, 0) is 17.5 Å². The van der Waals surface area contributed by atoms with Gasteiger partial charge in [0.2, 0.25) is 0 Å². The zero-order chi connectivity index (χ0) is 13.9. The van der Waals surface area contributed by atoms with E-state index >= 15 is 0 Å². The molecule has 1 N–H and O–H groups in total. The molecule has 3 rings (SSSR count). The fourth-order valence-electron chi connectivity index (χ4n) is 2.81. The number of benzene rings is 1. The van der Waals surface area contributed by atoms with Gasteiger partial charge in [-0.1, -0.05) is 31.2 Å². The Kier molecular flexibility index (Phi) is 4.13. The molecular formula is C16H21N3S. The van der Waals surface area contributed by atoms with Crippen molar-refractivity contribution in [3.05, 3.63) is 52.8 Å². The van der Waals surface area contributed by atoms with Crippen LogP contribution in [-0.2, 0) is 25.8 Å². The van der Waals surface area contributed by atoms with E-state index < -0.39 is 0 Å². The van der Waals surface area contributed by atoms with Crippen molar-refractivity contribution in [2.45, 2.75) is 31.7 Å². The summed E-state index contributed by atoms with van der Waals surface area (Å²) in [5.74, 6) is 2.29. The van der Waals surface area contributed by atoms with Gasteiger partial charge in [-0.2, -0.15) is 16.9 Å². The summed E-state index contributed by atoms with van der Waals surface area (Å²) in [5.41, 5.74) is 5.47. The van der Waals surface area contributed by atoms with Crippen LogP contribution in [0.25, 0.3) is 0 Å². The van der Waals surface area contributed by atoms with Crippen molar-refractivity contribution >= 4 is 11.8 Å². The molecule has 0 aliphatic carbocycles. The number of aromatic nitrogens is 2. The van der Waals surface area contributed by atoms with Crippen LogP contribution in [0.1, 0.15) is 35.3 Å². The molecule has 2 aromatic rings. The fraction of sp³-hybridized carbons (Fsp3) is 0.438. The van der Waals surface area contributed by atoms with Crippen LogP contribution in [0, 0.1) is 0 Å². The number of fused-ring (bicyclic) bond motifs is 1. The van der Waals surface area contributed by atoms with Gasteiger partial charge in [0.15, 0.2) is 0 Å². The van der Waals surface area contributed by atoms with Crippen molar-refractivity contribution in [3.8, 4) is 0 Å². The van der Waals surface area contributed by atoms with E-state index in [1.807, 2.05) is 23.5 Å². The fourth-order valence-corrected chi connectivity index (χ4v) is 3.95. The predicted molar refractivity (Wildman–Crippen MR) is 84.8 cm³/mol. The predicted octanol–water partition coefficient (Wildman–Crippen LogP) is 3.06. The van der Waals surface area contributed by atoms with Crippen LogP contribution in [0.3, 0.4) is 0 Å². The lowest BCUT2D eigenvalue weighted by Gasteiger charge is -2.26. The third-order valence-corrected chi connectivity index (χ3v) is 4.92. The molecule has 0 saturated carbocycles. The zero-order valence-corrected chi connectivity index (χ0v) is 12.9. The Hall–Kier alpha value is -1.26. The van der Waals surface area contributed by atoms with E-state index in [0.29, 0.717) is 6.04 Å². The van der Waals surface area contributed by atoms with Gasteiger partial charge in [0, 0.05) is 42.9 Å². The second-order valence-electron chi connectivity index (χ2n) is 5.28. The van der Waals surface area contributed by atoms with E-state index in [4.69, 9.17) is 0 Å². The van der Waals surface area contributed by atoms with Gasteiger partial charge in [-0.3, -0.25) is 4.68 Å². The molecule has 1 aromatic heterocycles. The van der Waals surface area contributed by atoms with Gasteiger partial charge in [0.1, 0.15) is 0 Å². The molecule has 106 valence electrons. The van der Waals surface area contributed by atoms with Crippen molar-refractivity contribution < 1.29 is 0 Å². The molecule has 20 heavy (non-hydrogen) atoms. The first-order valence-corrected chi connectivity index (χ1v) is 8.33. The Labute approximate surface area is 124 Å². The lowest BCUT2D eigenvalue weighted by Crippen LogP contribution is -2.26. The molecule has 1 unspecified atom stereocenters. The largest absolute Gasteiger partial charge is 0.305 e. The molecule has 0 radical (unpaired) electrons. The average Bonchev–Trinajstić information content (AvgIpc) is 2.85. The number of nitrogens with zero attached hydrogens (tertiary/aromatic N) is 2. The monoisotopic (exact) mass is 287 g/mol. The summed E-state index contributed by atoms with van der Waals surface area (Å²) in [5, 5.41) is 8.22. The molecule has 3 nitrogen and oxygen atoms in total. The van der Waals surface area contributed by atoms with E-state index in [0.717, 1.165) is 24.5 Å². The summed E-state index contributed by atoms with van der Waals surface area (Å²) in [7, 11) is 1.99. The minimum atomic E-state index is 0.454. The van der Waals surface area contributed by atoms with E-state index in [1.54, 1.807) is 0 Å². The summed E-state index contributed by atoms with van der Waals surface area (Å²) in [4.78, 5) is 0. The molecule has 1 atom stereocenters. The maximum absolute atomic E-state index is 4.51. The third-order valence-electron chi connectivity index (χ3n) is 3.84. The van der Waals surface area contributed by atoms with E-state index in [-0.39, 0.29) is 0 Å². The first-order chi connectivity index (χ1) is 9.78. The summed E-state index contributed by atoms with van der Waals surface area (Å²) < 4.78 is 1.92. The number of thioether (sulfide) groups is 1. The van der Waals surface area contributed by atoms with Gasteiger partial charge < -0.3 is 5.32 Å². The highest BCUT2D eigenvalue weighted by Crippen LogP contribution is 2.31. The second-order valence-corrected chi connectivity index (χ2v) is 6.31. The molecule has 0 amide bonds. The molecule has 0 fully saturated rings. The van der Waals surface area contributed by atoms with Gasteiger partial charge in [-0.15, -0.1) is 0 Å². The topological polar surface area (TPSA) is 29.9 Å². The van der Waals surface area contributed by atoms with Crippen LogP contribution in [0.15, 0.2) is 30.5 Å². The highest BCUT2D eigenvalue weighted by atomic mass is 32.2. The number of hydrogen-bond acceptors (Lipinski definition) is 3. The molecule has 1 aliphatic rings. The van der Waals surface area contributed by atoms with Crippen LogP contribution in [-0.4, -0.2) is 15.5 Å². The molecule has 1 aliphatic heterocycles. The van der Waals surface area contributed by atoms with Crippen molar-refractivity contribution in [1.29, 1.82) is 0 Å². The molecule has 0 saturated heterocycles. The molecule has 0 bridgehead atoms. The summed E-state index contributed by atoms with van der Waals surface area (Å²) in [6, 6.07) is 9.24. The van der Waals surface area contributed by atoms with Gasteiger partial charge in [-0.25, -0.2) is 0 Å². The molecule has 2 heterocycles. The highest BCUT2D eigenvalue weighted by molar-refractivity contribution is 7.98. The van der Waals surface area contributed by atoms with Crippen LogP contribution in [0.4, 0.5) is 0 Å². The second kappa shape index (κ2) is 6.02. The van der Waals surface area contributed by atoms with Crippen LogP contribution in [0.5, 0.6) is 0 Å². The number of rotatable bonds is 4. The van der Waals surface area contributed by atoms with Gasteiger partial charge >= 0.3 is 0 Å². The average molecular weight is 287 g/mol. The number of aryl methyl sites for hydroxylation is 2. The Morgan fingerprint density at radius 1 is 1.40 bits per heavy atom. The standard InChI is InChI=1S/C16H21N3S/c1-3-15-13(9-19(2)18-15)8-17-16-11-20-10-12-6-4-5-7-14(12)16/h4-7,9,16-17H,3,8,10-11H2,1-2H3. The lowest BCUT2D eigenvalue weighted by atomic mass is 10.0. The smallest absolute Gasteiger partial charge is 0.0666 e. The van der Waals surface area contributed by atoms with E-state index in [1.165, 1.54) is 22.4 Å². The quantitative estimate of drug-likeness (QED) is 0.937. The Balaban J connectivity index is 1.73. The van der Waals surface area contributed by atoms with Gasteiger partial charge in [0.05, 0.1) is 5.69 Å². The van der Waals surface area contributed by atoms with Crippen molar-refractivity contribution in [3.63, 3.8) is 0 Å². The summed E-state index contributed by atoms with van der Waals surface area (Å²) in [6.45, 7) is 3.06. The Morgan fingerprint density at radius 2 is 2.25 bits per heavy atom. The van der Waals surface area contributed by atoms with Crippen molar-refractivity contribution in [2.75, 3.05) is 5.75 Å². The normalized spacial score (nSPS) is 18.0. The molecule has 0 spiro atoms. The zero-order valence-electron chi connectivity index (χ0n) is 12.1. The van der Waals surface area contributed by atoms with Crippen molar-refractivity contribution in [2.24, 2.45) is 7.05 Å². The maximum Gasteiger partial charge on any atom is 0.0666 e. The minimum Gasteiger partial charge on any atom is -0.305 e. The Bertz CT molecular complexity index is 591. The Morgan fingerprint density at radius 3 is 3.10 bits per heavy atom. The number of hydrogen-bond donors (Lipinski definition) is 1. The minimum absolute atomic E-state index is 0.454. The van der Waals surface area contributed by atoms with Crippen LogP contribution < -0.4 is 5.32 Å². The van der Waals surface area contributed by atoms with Crippen LogP contribution >= 0.6 is 11.8 Å². The molecular weight excluding hydrogens is 266 g/mol. The summed E-state index contributed by atoms with van der Waals surface area (Å²) >= 11 is 2.01. The first-order valence-electron chi connectivity index (χ1n) is 7.18.